The molecular formula is C13H10N4O. The maximum atomic E-state index is 9.26. The average molecular weight is 238 g/mol. The van der Waals surface area contributed by atoms with Crippen molar-refractivity contribution in [1.82, 2.24) is 10.2 Å². The monoisotopic (exact) mass is 238 g/mol. The van der Waals surface area contributed by atoms with E-state index in [4.69, 9.17) is 10.5 Å². The highest BCUT2D eigenvalue weighted by Gasteiger charge is 2.31. The summed E-state index contributed by atoms with van der Waals surface area (Å²) in [6, 6.07) is 11.8. The predicted octanol–water partition coefficient (Wildman–Crippen LogP) is 1.63. The van der Waals surface area contributed by atoms with E-state index in [1.807, 2.05) is 30.3 Å². The number of hydrogen-bond donors (Lipinski definition) is 2. The molecule has 0 bridgehead atoms. The average Bonchev–Trinajstić information content (AvgIpc) is 2.85. The number of hydrogen-bond acceptors (Lipinski definition) is 4. The Bertz CT molecular complexity index is 651. The minimum absolute atomic E-state index is 0.128. The first-order valence-electron chi connectivity index (χ1n) is 5.47. The van der Waals surface area contributed by atoms with E-state index in [9.17, 15) is 5.26 Å². The zero-order valence-corrected chi connectivity index (χ0v) is 9.42. The van der Waals surface area contributed by atoms with E-state index >= 15 is 0 Å². The summed E-state index contributed by atoms with van der Waals surface area (Å²) in [7, 11) is 0. The van der Waals surface area contributed by atoms with Crippen LogP contribution >= 0.6 is 0 Å². The molecule has 2 heterocycles. The molecule has 3 rings (SSSR count). The van der Waals surface area contributed by atoms with Crippen LogP contribution in [-0.4, -0.2) is 10.2 Å². The lowest BCUT2D eigenvalue weighted by atomic mass is 9.86. The molecule has 0 fully saturated rings. The van der Waals surface area contributed by atoms with E-state index in [-0.39, 0.29) is 11.8 Å². The Kier molecular flexibility index (Phi) is 2.27. The van der Waals surface area contributed by atoms with Gasteiger partial charge in [-0.2, -0.15) is 10.4 Å². The molecule has 1 aliphatic heterocycles. The fourth-order valence-corrected chi connectivity index (χ4v) is 2.15. The van der Waals surface area contributed by atoms with Gasteiger partial charge in [0.05, 0.1) is 12.1 Å². The van der Waals surface area contributed by atoms with Crippen molar-refractivity contribution in [3.8, 4) is 11.9 Å². The third-order valence-electron chi connectivity index (χ3n) is 2.96. The lowest BCUT2D eigenvalue weighted by Crippen LogP contribution is -2.20. The Hall–Kier alpha value is -2.74. The van der Waals surface area contributed by atoms with Gasteiger partial charge in [0.2, 0.25) is 11.8 Å². The van der Waals surface area contributed by atoms with Crippen LogP contribution in [-0.2, 0) is 0 Å². The maximum Gasteiger partial charge on any atom is 0.221 e. The molecule has 3 N–H and O–H groups in total. The van der Waals surface area contributed by atoms with Crippen molar-refractivity contribution < 1.29 is 4.74 Å². The quantitative estimate of drug-likeness (QED) is 0.790. The van der Waals surface area contributed by atoms with E-state index in [1.54, 1.807) is 6.20 Å². The van der Waals surface area contributed by atoms with Crippen LogP contribution < -0.4 is 10.5 Å². The molecule has 0 unspecified atom stereocenters. The van der Waals surface area contributed by atoms with E-state index < -0.39 is 0 Å². The first-order chi connectivity index (χ1) is 8.81. The Morgan fingerprint density at radius 1 is 1.33 bits per heavy atom. The van der Waals surface area contributed by atoms with Gasteiger partial charge in [-0.25, -0.2) is 5.10 Å². The fourth-order valence-electron chi connectivity index (χ4n) is 2.15. The van der Waals surface area contributed by atoms with Gasteiger partial charge in [-0.15, -0.1) is 0 Å². The number of nitrogens with one attached hydrogen (secondary N) is 1. The number of rotatable bonds is 1. The third kappa shape index (κ3) is 1.44. The normalized spacial score (nSPS) is 17.8. The van der Waals surface area contributed by atoms with Gasteiger partial charge in [0.1, 0.15) is 11.6 Å². The Morgan fingerprint density at radius 2 is 2.11 bits per heavy atom. The summed E-state index contributed by atoms with van der Waals surface area (Å²) in [6.07, 6.45) is 1.66. The number of aromatic nitrogens is 2. The van der Waals surface area contributed by atoms with Gasteiger partial charge in [-0.05, 0) is 5.56 Å². The molecule has 0 radical (unpaired) electrons. The first kappa shape index (κ1) is 10.4. The minimum atomic E-state index is -0.223. The zero-order chi connectivity index (χ0) is 12.5. The molecule has 88 valence electrons. The SMILES string of the molecule is N#CC1=C(N)Oc2[nH]ncc2[C@@H]1c1ccccc1. The number of fused-ring (bicyclic) bond motifs is 1. The smallest absolute Gasteiger partial charge is 0.221 e. The molecule has 0 aliphatic carbocycles. The highest BCUT2D eigenvalue weighted by molar-refractivity contribution is 5.52. The fraction of sp³-hybridized carbons (Fsp3) is 0.0769. The van der Waals surface area contributed by atoms with E-state index in [1.165, 1.54) is 0 Å². The molecule has 1 aliphatic rings. The number of ether oxygens (including phenoxy) is 1. The van der Waals surface area contributed by atoms with Gasteiger partial charge in [-0.3, -0.25) is 0 Å². The standard InChI is InChI=1S/C13H10N4O/c14-6-9-11(8-4-2-1-3-5-8)10-7-16-17-13(10)18-12(9)15/h1-5,7,11H,15H2,(H,16,17)/t11-/m1/s1. The number of nitriles is 1. The molecule has 0 spiro atoms. The molecule has 1 atom stereocenters. The van der Waals surface area contributed by atoms with E-state index in [2.05, 4.69) is 16.3 Å². The molecule has 5 nitrogen and oxygen atoms in total. The van der Waals surface area contributed by atoms with Crippen molar-refractivity contribution in [1.29, 1.82) is 5.26 Å². The second-order valence-corrected chi connectivity index (χ2v) is 3.99. The summed E-state index contributed by atoms with van der Waals surface area (Å²) in [4.78, 5) is 0. The molecule has 0 saturated heterocycles. The molecule has 18 heavy (non-hydrogen) atoms. The van der Waals surface area contributed by atoms with Crippen molar-refractivity contribution in [3.05, 3.63) is 59.1 Å². The van der Waals surface area contributed by atoms with Gasteiger partial charge in [-0.1, -0.05) is 30.3 Å². The van der Waals surface area contributed by atoms with Crippen molar-refractivity contribution in [2.24, 2.45) is 5.73 Å². The van der Waals surface area contributed by atoms with Gasteiger partial charge in [0.25, 0.3) is 0 Å². The Labute approximate surface area is 103 Å². The van der Waals surface area contributed by atoms with Gasteiger partial charge in [0.15, 0.2) is 0 Å². The minimum Gasteiger partial charge on any atom is -0.422 e. The maximum absolute atomic E-state index is 9.26. The highest BCUT2D eigenvalue weighted by Crippen LogP contribution is 2.40. The van der Waals surface area contributed by atoms with Crippen molar-refractivity contribution in [3.63, 3.8) is 0 Å². The van der Waals surface area contributed by atoms with Crippen LogP contribution in [0.25, 0.3) is 0 Å². The summed E-state index contributed by atoms with van der Waals surface area (Å²) in [5.74, 6) is 0.405. The van der Waals surface area contributed by atoms with Crippen LogP contribution in [0, 0.1) is 11.3 Å². The second-order valence-electron chi connectivity index (χ2n) is 3.99. The van der Waals surface area contributed by atoms with Crippen molar-refractivity contribution in [2.45, 2.75) is 5.92 Å². The molecule has 2 aromatic rings. The molecular weight excluding hydrogens is 228 g/mol. The molecule has 1 aromatic heterocycles. The van der Waals surface area contributed by atoms with Crippen LogP contribution in [0.15, 0.2) is 48.0 Å². The summed E-state index contributed by atoms with van der Waals surface area (Å²) >= 11 is 0. The largest absolute Gasteiger partial charge is 0.422 e. The summed E-state index contributed by atoms with van der Waals surface area (Å²) < 4.78 is 5.34. The van der Waals surface area contributed by atoms with Crippen LogP contribution in [0.5, 0.6) is 5.88 Å². The molecule has 5 heteroatoms. The predicted molar refractivity (Wildman–Crippen MR) is 64.3 cm³/mol. The Morgan fingerprint density at radius 3 is 2.83 bits per heavy atom. The third-order valence-corrected chi connectivity index (χ3v) is 2.96. The number of nitrogens with zero attached hydrogens (tertiary/aromatic N) is 2. The van der Waals surface area contributed by atoms with Gasteiger partial charge in [0, 0.05) is 5.56 Å². The highest BCUT2D eigenvalue weighted by atomic mass is 16.5. The number of allylic oxidation sites excluding steroid dienone is 1. The topological polar surface area (TPSA) is 87.7 Å². The molecule has 0 saturated carbocycles. The number of nitrogens with two attached hydrogens (primary N) is 1. The number of benzene rings is 1. The lowest BCUT2D eigenvalue weighted by molar-refractivity contribution is 0.379. The zero-order valence-electron chi connectivity index (χ0n) is 9.42. The van der Waals surface area contributed by atoms with Gasteiger partial charge >= 0.3 is 0 Å². The van der Waals surface area contributed by atoms with Crippen molar-refractivity contribution >= 4 is 0 Å². The van der Waals surface area contributed by atoms with E-state index in [0.29, 0.717) is 11.5 Å². The van der Waals surface area contributed by atoms with Crippen LogP contribution in [0.2, 0.25) is 0 Å². The van der Waals surface area contributed by atoms with Crippen molar-refractivity contribution in [2.75, 3.05) is 0 Å². The van der Waals surface area contributed by atoms with Crippen LogP contribution in [0.1, 0.15) is 17.0 Å². The summed E-state index contributed by atoms with van der Waals surface area (Å²) in [5, 5.41) is 15.9. The number of H-pyrrole nitrogens is 1. The second kappa shape index (κ2) is 3.93. The number of aromatic amines is 1. The summed E-state index contributed by atoms with van der Waals surface area (Å²) in [6.45, 7) is 0. The van der Waals surface area contributed by atoms with Crippen LogP contribution in [0.4, 0.5) is 0 Å². The van der Waals surface area contributed by atoms with Crippen LogP contribution in [0.3, 0.4) is 0 Å². The lowest BCUT2D eigenvalue weighted by Gasteiger charge is -2.22. The summed E-state index contributed by atoms with van der Waals surface area (Å²) in [5.41, 5.74) is 8.01. The molecule has 0 amide bonds. The van der Waals surface area contributed by atoms with E-state index in [0.717, 1.165) is 11.1 Å². The van der Waals surface area contributed by atoms with Gasteiger partial charge < -0.3 is 10.5 Å². The first-order valence-corrected chi connectivity index (χ1v) is 5.47. The molecule has 1 aromatic carbocycles. The Balaban J connectivity index is 2.20.